The second-order valence-electron chi connectivity index (χ2n) is 6.50. The van der Waals surface area contributed by atoms with E-state index < -0.39 is 0 Å². The van der Waals surface area contributed by atoms with Gasteiger partial charge in [0.15, 0.2) is 5.13 Å². The lowest BCUT2D eigenvalue weighted by Gasteiger charge is -2.08. The molecule has 0 atom stereocenters. The van der Waals surface area contributed by atoms with Crippen molar-refractivity contribution in [2.75, 3.05) is 19.5 Å². The molecule has 0 spiro atoms. The molecular formula is C24H20N2O4S. The van der Waals surface area contributed by atoms with Gasteiger partial charge in [-0.3, -0.25) is 10.1 Å². The Morgan fingerprint density at radius 1 is 0.871 bits per heavy atom. The fraction of sp³-hybridized carbons (Fsp3) is 0.0833. The number of anilines is 1. The number of amides is 1. The molecule has 156 valence electrons. The van der Waals surface area contributed by atoms with Crippen molar-refractivity contribution in [1.82, 2.24) is 4.98 Å². The van der Waals surface area contributed by atoms with Crippen molar-refractivity contribution in [3.63, 3.8) is 0 Å². The van der Waals surface area contributed by atoms with E-state index in [-0.39, 0.29) is 5.91 Å². The van der Waals surface area contributed by atoms with Crippen LogP contribution < -0.4 is 19.5 Å². The molecule has 0 radical (unpaired) electrons. The number of hydrogen-bond acceptors (Lipinski definition) is 6. The lowest BCUT2D eigenvalue weighted by Crippen LogP contribution is -2.11. The first-order valence-corrected chi connectivity index (χ1v) is 10.4. The molecule has 0 aliphatic carbocycles. The molecule has 1 amide bonds. The second-order valence-corrected chi connectivity index (χ2v) is 7.36. The average Bonchev–Trinajstić information content (AvgIpc) is 3.27. The maximum absolute atomic E-state index is 12.7. The van der Waals surface area contributed by atoms with Crippen LogP contribution in [0.25, 0.3) is 11.3 Å². The third-order valence-electron chi connectivity index (χ3n) is 4.48. The van der Waals surface area contributed by atoms with Gasteiger partial charge in [0.05, 0.1) is 19.9 Å². The smallest absolute Gasteiger partial charge is 0.257 e. The van der Waals surface area contributed by atoms with Gasteiger partial charge in [-0.05, 0) is 42.5 Å². The Morgan fingerprint density at radius 2 is 1.68 bits per heavy atom. The van der Waals surface area contributed by atoms with E-state index in [4.69, 9.17) is 14.2 Å². The number of ether oxygens (including phenoxy) is 3. The highest BCUT2D eigenvalue weighted by molar-refractivity contribution is 7.14. The first kappa shape index (κ1) is 20.4. The standard InChI is InChI=1S/C24H20N2O4S/c1-28-18-11-12-20(22(14-18)29-2)21-15-31-24(25-21)26-23(27)16-7-6-10-19(13-16)30-17-8-4-3-5-9-17/h3-15H,1-2H3,(H,25,26,27). The number of aromatic nitrogens is 1. The van der Waals surface area contributed by atoms with E-state index in [0.717, 1.165) is 5.56 Å². The number of carbonyl (C=O) groups is 1. The maximum Gasteiger partial charge on any atom is 0.257 e. The first-order valence-electron chi connectivity index (χ1n) is 9.48. The van der Waals surface area contributed by atoms with Crippen LogP contribution in [0.2, 0.25) is 0 Å². The predicted octanol–water partition coefficient (Wildman–Crippen LogP) is 5.87. The SMILES string of the molecule is COc1ccc(-c2csc(NC(=O)c3cccc(Oc4ccccc4)c3)n2)c(OC)c1. The largest absolute Gasteiger partial charge is 0.497 e. The van der Waals surface area contributed by atoms with Gasteiger partial charge in [0.2, 0.25) is 0 Å². The van der Waals surface area contributed by atoms with Gasteiger partial charge in [-0.1, -0.05) is 24.3 Å². The molecule has 4 rings (SSSR count). The van der Waals surface area contributed by atoms with E-state index in [1.165, 1.54) is 11.3 Å². The molecule has 0 unspecified atom stereocenters. The topological polar surface area (TPSA) is 69.7 Å². The molecule has 1 aromatic heterocycles. The maximum atomic E-state index is 12.7. The molecule has 0 saturated heterocycles. The number of benzene rings is 3. The summed E-state index contributed by atoms with van der Waals surface area (Å²) in [6.07, 6.45) is 0. The summed E-state index contributed by atoms with van der Waals surface area (Å²) in [6, 6.07) is 22.0. The fourth-order valence-corrected chi connectivity index (χ4v) is 3.67. The molecule has 0 saturated carbocycles. The first-order chi connectivity index (χ1) is 15.2. The van der Waals surface area contributed by atoms with E-state index in [9.17, 15) is 4.79 Å². The molecule has 1 N–H and O–H groups in total. The Balaban J connectivity index is 1.49. The molecular weight excluding hydrogens is 412 g/mol. The van der Waals surface area contributed by atoms with Crippen molar-refractivity contribution in [3.8, 4) is 34.3 Å². The Hall–Kier alpha value is -3.84. The third kappa shape index (κ3) is 4.84. The summed E-state index contributed by atoms with van der Waals surface area (Å²) in [5, 5.41) is 5.21. The van der Waals surface area contributed by atoms with Crippen molar-refractivity contribution in [3.05, 3.63) is 83.7 Å². The molecule has 0 aliphatic rings. The van der Waals surface area contributed by atoms with E-state index in [2.05, 4.69) is 10.3 Å². The monoisotopic (exact) mass is 432 g/mol. The zero-order chi connectivity index (χ0) is 21.6. The molecule has 3 aromatic carbocycles. The highest BCUT2D eigenvalue weighted by atomic mass is 32.1. The summed E-state index contributed by atoms with van der Waals surface area (Å²) >= 11 is 1.34. The number of nitrogens with one attached hydrogen (secondary N) is 1. The molecule has 0 aliphatic heterocycles. The quantitative estimate of drug-likeness (QED) is 0.395. The van der Waals surface area contributed by atoms with Crippen LogP contribution in [0.5, 0.6) is 23.0 Å². The molecule has 7 heteroatoms. The van der Waals surface area contributed by atoms with Crippen molar-refractivity contribution in [1.29, 1.82) is 0 Å². The number of para-hydroxylation sites is 1. The van der Waals surface area contributed by atoms with E-state index in [0.29, 0.717) is 39.4 Å². The number of thiazole rings is 1. The summed E-state index contributed by atoms with van der Waals surface area (Å²) in [5.74, 6) is 2.37. The normalized spacial score (nSPS) is 10.4. The lowest BCUT2D eigenvalue weighted by atomic mass is 10.1. The predicted molar refractivity (Wildman–Crippen MR) is 122 cm³/mol. The zero-order valence-electron chi connectivity index (χ0n) is 17.0. The van der Waals surface area contributed by atoms with E-state index in [1.807, 2.05) is 47.8 Å². The van der Waals surface area contributed by atoms with Gasteiger partial charge in [0.1, 0.15) is 23.0 Å². The molecule has 31 heavy (non-hydrogen) atoms. The van der Waals surface area contributed by atoms with Crippen molar-refractivity contribution in [2.24, 2.45) is 0 Å². The summed E-state index contributed by atoms with van der Waals surface area (Å²) in [4.78, 5) is 17.3. The highest BCUT2D eigenvalue weighted by Gasteiger charge is 2.14. The van der Waals surface area contributed by atoms with E-state index in [1.54, 1.807) is 44.6 Å². The van der Waals surface area contributed by atoms with Gasteiger partial charge in [0, 0.05) is 22.6 Å². The fourth-order valence-electron chi connectivity index (χ4n) is 2.96. The third-order valence-corrected chi connectivity index (χ3v) is 5.24. The summed E-state index contributed by atoms with van der Waals surface area (Å²) in [7, 11) is 3.20. The Labute approximate surface area is 184 Å². The Kier molecular flexibility index (Phi) is 6.14. The van der Waals surface area contributed by atoms with Gasteiger partial charge in [-0.25, -0.2) is 4.98 Å². The van der Waals surface area contributed by atoms with Crippen molar-refractivity contribution in [2.45, 2.75) is 0 Å². The average molecular weight is 433 g/mol. The lowest BCUT2D eigenvalue weighted by molar-refractivity contribution is 0.102. The van der Waals surface area contributed by atoms with Crippen LogP contribution in [0, 0.1) is 0 Å². The number of hydrogen-bond donors (Lipinski definition) is 1. The van der Waals surface area contributed by atoms with Gasteiger partial charge in [0.25, 0.3) is 5.91 Å². The second kappa shape index (κ2) is 9.32. The van der Waals surface area contributed by atoms with Gasteiger partial charge < -0.3 is 14.2 Å². The Morgan fingerprint density at radius 3 is 2.45 bits per heavy atom. The molecule has 4 aromatic rings. The molecule has 0 fully saturated rings. The van der Waals surface area contributed by atoms with Gasteiger partial charge >= 0.3 is 0 Å². The van der Waals surface area contributed by atoms with Crippen molar-refractivity contribution >= 4 is 22.4 Å². The number of nitrogens with zero attached hydrogens (tertiary/aromatic N) is 1. The van der Waals surface area contributed by atoms with Crippen LogP contribution in [0.3, 0.4) is 0 Å². The molecule has 0 bridgehead atoms. The Bertz CT molecular complexity index is 1190. The van der Waals surface area contributed by atoms with E-state index >= 15 is 0 Å². The number of rotatable bonds is 7. The highest BCUT2D eigenvalue weighted by Crippen LogP contribution is 2.35. The van der Waals surface area contributed by atoms with Gasteiger partial charge in [-0.2, -0.15) is 0 Å². The van der Waals surface area contributed by atoms with Crippen molar-refractivity contribution < 1.29 is 19.0 Å². The summed E-state index contributed by atoms with van der Waals surface area (Å²) in [5.41, 5.74) is 2.01. The number of methoxy groups -OCH3 is 2. The van der Waals surface area contributed by atoms with Crippen LogP contribution in [0.4, 0.5) is 5.13 Å². The van der Waals surface area contributed by atoms with Crippen LogP contribution in [0.1, 0.15) is 10.4 Å². The van der Waals surface area contributed by atoms with Crippen LogP contribution >= 0.6 is 11.3 Å². The molecule has 1 heterocycles. The van der Waals surface area contributed by atoms with Crippen LogP contribution in [0.15, 0.2) is 78.2 Å². The van der Waals surface area contributed by atoms with Gasteiger partial charge in [-0.15, -0.1) is 11.3 Å². The van der Waals surface area contributed by atoms with Crippen LogP contribution in [-0.2, 0) is 0 Å². The van der Waals surface area contributed by atoms with Crippen LogP contribution in [-0.4, -0.2) is 25.1 Å². The minimum absolute atomic E-state index is 0.263. The zero-order valence-corrected chi connectivity index (χ0v) is 17.8. The summed E-state index contributed by atoms with van der Waals surface area (Å²) in [6.45, 7) is 0. The number of carbonyl (C=O) groups excluding carboxylic acids is 1. The minimum atomic E-state index is -0.263. The summed E-state index contributed by atoms with van der Waals surface area (Å²) < 4.78 is 16.5. The molecule has 6 nitrogen and oxygen atoms in total. The minimum Gasteiger partial charge on any atom is -0.497 e.